The molecule has 1 aromatic heterocycles. The van der Waals surface area contributed by atoms with E-state index in [2.05, 4.69) is 44.0 Å². The molecule has 0 radical (unpaired) electrons. The second kappa shape index (κ2) is 4.31. The van der Waals surface area contributed by atoms with Gasteiger partial charge in [-0.15, -0.1) is 11.3 Å². The maximum absolute atomic E-state index is 8.98. The lowest BCUT2D eigenvalue weighted by Crippen LogP contribution is -1.89. The first kappa shape index (κ1) is 11.8. The van der Waals surface area contributed by atoms with E-state index in [0.29, 0.717) is 4.88 Å². The van der Waals surface area contributed by atoms with Gasteiger partial charge >= 0.3 is 0 Å². The van der Waals surface area contributed by atoms with Crippen LogP contribution in [0.4, 0.5) is 0 Å². The summed E-state index contributed by atoms with van der Waals surface area (Å²) in [5.74, 6) is 0. The SMILES string of the molecule is Cc1cc(C)c(-c2nc(C)c(C#N)s2)c(C)c1. The molecule has 2 nitrogen and oxygen atoms in total. The first-order valence-corrected chi connectivity index (χ1v) is 6.30. The van der Waals surface area contributed by atoms with Gasteiger partial charge < -0.3 is 0 Å². The van der Waals surface area contributed by atoms with E-state index in [0.717, 1.165) is 10.7 Å². The molecular formula is C14H14N2S. The Morgan fingerprint density at radius 3 is 2.18 bits per heavy atom. The fraction of sp³-hybridized carbons (Fsp3) is 0.286. The van der Waals surface area contributed by atoms with Crippen molar-refractivity contribution in [3.63, 3.8) is 0 Å². The molecule has 0 aliphatic rings. The third kappa shape index (κ3) is 2.09. The lowest BCUT2D eigenvalue weighted by molar-refractivity contribution is 1.23. The molecule has 0 spiro atoms. The van der Waals surface area contributed by atoms with Gasteiger partial charge in [0.05, 0.1) is 5.69 Å². The van der Waals surface area contributed by atoms with Crippen molar-refractivity contribution in [1.29, 1.82) is 5.26 Å². The Kier molecular flexibility index (Phi) is 2.99. The van der Waals surface area contributed by atoms with Crippen LogP contribution >= 0.6 is 11.3 Å². The highest BCUT2D eigenvalue weighted by atomic mass is 32.1. The van der Waals surface area contributed by atoms with Gasteiger partial charge in [0.15, 0.2) is 0 Å². The molecule has 1 aromatic carbocycles. The van der Waals surface area contributed by atoms with Crippen molar-refractivity contribution in [3.8, 4) is 16.6 Å². The second-order valence-electron chi connectivity index (χ2n) is 4.32. The topological polar surface area (TPSA) is 36.7 Å². The van der Waals surface area contributed by atoms with Crippen LogP contribution in [0.2, 0.25) is 0 Å². The van der Waals surface area contributed by atoms with Crippen molar-refractivity contribution < 1.29 is 0 Å². The zero-order chi connectivity index (χ0) is 12.6. The summed E-state index contributed by atoms with van der Waals surface area (Å²) in [5.41, 5.74) is 5.70. The van der Waals surface area contributed by atoms with E-state index < -0.39 is 0 Å². The maximum Gasteiger partial charge on any atom is 0.128 e. The molecule has 3 heteroatoms. The van der Waals surface area contributed by atoms with Gasteiger partial charge in [-0.25, -0.2) is 4.98 Å². The van der Waals surface area contributed by atoms with Gasteiger partial charge in [-0.05, 0) is 38.8 Å². The van der Waals surface area contributed by atoms with Gasteiger partial charge in [-0.1, -0.05) is 17.7 Å². The number of aryl methyl sites for hydroxylation is 4. The van der Waals surface area contributed by atoms with Crippen molar-refractivity contribution in [2.24, 2.45) is 0 Å². The van der Waals surface area contributed by atoms with Crippen molar-refractivity contribution >= 4 is 11.3 Å². The van der Waals surface area contributed by atoms with Crippen molar-refractivity contribution in [2.75, 3.05) is 0 Å². The number of benzene rings is 1. The average Bonchev–Trinajstić information content (AvgIpc) is 2.57. The summed E-state index contributed by atoms with van der Waals surface area (Å²) in [7, 11) is 0. The van der Waals surface area contributed by atoms with E-state index in [-0.39, 0.29) is 0 Å². The summed E-state index contributed by atoms with van der Waals surface area (Å²) in [4.78, 5) is 5.21. The predicted molar refractivity (Wildman–Crippen MR) is 71.2 cm³/mol. The first-order chi connectivity index (χ1) is 8.02. The number of nitrogens with zero attached hydrogens (tertiary/aromatic N) is 2. The average molecular weight is 242 g/mol. The highest BCUT2D eigenvalue weighted by molar-refractivity contribution is 7.15. The Labute approximate surface area is 106 Å². The van der Waals surface area contributed by atoms with E-state index in [9.17, 15) is 0 Å². The molecule has 0 saturated heterocycles. The molecule has 86 valence electrons. The molecule has 0 saturated carbocycles. The van der Waals surface area contributed by atoms with Crippen LogP contribution in [0.25, 0.3) is 10.6 Å². The van der Waals surface area contributed by atoms with Crippen LogP contribution in [0.15, 0.2) is 12.1 Å². The molecule has 2 rings (SSSR count). The summed E-state index contributed by atoms with van der Waals surface area (Å²) in [6.07, 6.45) is 0. The fourth-order valence-electron chi connectivity index (χ4n) is 2.12. The number of hydrogen-bond acceptors (Lipinski definition) is 3. The number of rotatable bonds is 1. The molecule has 0 aliphatic heterocycles. The van der Waals surface area contributed by atoms with E-state index >= 15 is 0 Å². The van der Waals surface area contributed by atoms with Crippen LogP contribution in [0.3, 0.4) is 0 Å². The standard InChI is InChI=1S/C14H14N2S/c1-8-5-9(2)13(10(3)6-8)14-16-11(4)12(7-15)17-14/h5-6H,1-4H3. The van der Waals surface area contributed by atoms with Crippen LogP contribution in [-0.4, -0.2) is 4.98 Å². The van der Waals surface area contributed by atoms with E-state index in [1.807, 2.05) is 6.92 Å². The molecule has 0 bridgehead atoms. The normalized spacial score (nSPS) is 10.3. The summed E-state index contributed by atoms with van der Waals surface area (Å²) in [6, 6.07) is 6.51. The smallest absolute Gasteiger partial charge is 0.128 e. The van der Waals surface area contributed by atoms with E-state index in [4.69, 9.17) is 5.26 Å². The molecule has 0 unspecified atom stereocenters. The maximum atomic E-state index is 8.98. The Hall–Kier alpha value is -1.66. The lowest BCUT2D eigenvalue weighted by atomic mass is 10.0. The first-order valence-electron chi connectivity index (χ1n) is 5.48. The van der Waals surface area contributed by atoms with Gasteiger partial charge in [-0.3, -0.25) is 0 Å². The number of nitriles is 1. The molecule has 17 heavy (non-hydrogen) atoms. The zero-order valence-electron chi connectivity index (χ0n) is 10.5. The van der Waals surface area contributed by atoms with Gasteiger partial charge in [0, 0.05) is 5.56 Å². The van der Waals surface area contributed by atoms with Crippen molar-refractivity contribution in [2.45, 2.75) is 27.7 Å². The summed E-state index contributed by atoms with van der Waals surface area (Å²) in [5, 5.41) is 9.93. The van der Waals surface area contributed by atoms with Crippen LogP contribution in [-0.2, 0) is 0 Å². The monoisotopic (exact) mass is 242 g/mol. The van der Waals surface area contributed by atoms with Gasteiger partial charge in [0.1, 0.15) is 16.0 Å². The van der Waals surface area contributed by atoms with Crippen LogP contribution in [0.5, 0.6) is 0 Å². The second-order valence-corrected chi connectivity index (χ2v) is 5.32. The number of hydrogen-bond donors (Lipinski definition) is 0. The van der Waals surface area contributed by atoms with Crippen LogP contribution in [0.1, 0.15) is 27.3 Å². The molecule has 0 N–H and O–H groups in total. The quantitative estimate of drug-likeness (QED) is 0.760. The van der Waals surface area contributed by atoms with Crippen molar-refractivity contribution in [3.05, 3.63) is 39.4 Å². The fourth-order valence-corrected chi connectivity index (χ4v) is 3.16. The van der Waals surface area contributed by atoms with E-state index in [1.54, 1.807) is 0 Å². The van der Waals surface area contributed by atoms with Crippen molar-refractivity contribution in [1.82, 2.24) is 4.98 Å². The lowest BCUT2D eigenvalue weighted by Gasteiger charge is -2.08. The molecule has 2 aromatic rings. The Bertz CT molecular complexity index is 595. The zero-order valence-corrected chi connectivity index (χ0v) is 11.3. The highest BCUT2D eigenvalue weighted by Crippen LogP contribution is 2.32. The minimum Gasteiger partial charge on any atom is -0.240 e. The third-order valence-electron chi connectivity index (χ3n) is 2.79. The number of aromatic nitrogens is 1. The van der Waals surface area contributed by atoms with Gasteiger partial charge in [-0.2, -0.15) is 5.26 Å². The van der Waals surface area contributed by atoms with Crippen LogP contribution < -0.4 is 0 Å². The Morgan fingerprint density at radius 1 is 1.12 bits per heavy atom. The molecule has 0 atom stereocenters. The van der Waals surface area contributed by atoms with Gasteiger partial charge in [0.2, 0.25) is 0 Å². The highest BCUT2D eigenvalue weighted by Gasteiger charge is 2.13. The largest absolute Gasteiger partial charge is 0.240 e. The molecule has 0 fully saturated rings. The number of thiazole rings is 1. The molecule has 0 aliphatic carbocycles. The minimum atomic E-state index is 0.708. The van der Waals surface area contributed by atoms with Crippen LogP contribution in [0, 0.1) is 39.0 Å². The summed E-state index contributed by atoms with van der Waals surface area (Å²) < 4.78 is 0. The summed E-state index contributed by atoms with van der Waals surface area (Å²) in [6.45, 7) is 8.17. The third-order valence-corrected chi connectivity index (χ3v) is 3.87. The van der Waals surface area contributed by atoms with E-state index in [1.165, 1.54) is 33.6 Å². The van der Waals surface area contributed by atoms with Gasteiger partial charge in [0.25, 0.3) is 0 Å². The molecular weight excluding hydrogens is 228 g/mol. The Balaban J connectivity index is 2.65. The summed E-state index contributed by atoms with van der Waals surface area (Å²) >= 11 is 1.47. The molecule has 1 heterocycles. The predicted octanol–water partition coefficient (Wildman–Crippen LogP) is 3.92. The molecule has 0 amide bonds. The minimum absolute atomic E-state index is 0.708. The Morgan fingerprint density at radius 2 is 1.71 bits per heavy atom.